The number of nitrogens with zero attached hydrogens (tertiary/aromatic N) is 2. The Labute approximate surface area is 143 Å². The largest absolute Gasteiger partial charge is 0.292 e. The minimum atomic E-state index is 0.879. The molecule has 0 saturated carbocycles. The maximum absolute atomic E-state index is 3.10. The van der Waals surface area contributed by atoms with E-state index in [1.165, 1.54) is 44.9 Å². The van der Waals surface area contributed by atoms with Gasteiger partial charge in [-0.2, -0.15) is 0 Å². The van der Waals surface area contributed by atoms with Crippen molar-refractivity contribution in [2.24, 2.45) is 23.7 Å². The van der Waals surface area contributed by atoms with Crippen molar-refractivity contribution in [3.63, 3.8) is 0 Å². The summed E-state index contributed by atoms with van der Waals surface area (Å²) in [6, 6.07) is 5.34. The zero-order valence-corrected chi connectivity index (χ0v) is 15.6. The van der Waals surface area contributed by atoms with Crippen LogP contribution in [-0.4, -0.2) is 46.1 Å². The highest BCUT2D eigenvalue weighted by molar-refractivity contribution is 5.13. The van der Waals surface area contributed by atoms with Gasteiger partial charge in [0.15, 0.2) is 0 Å². The quantitative estimate of drug-likeness (QED) is 0.662. The molecule has 5 fully saturated rings. The highest BCUT2D eigenvalue weighted by Gasteiger charge is 2.59. The fourth-order valence-corrected chi connectivity index (χ4v) is 7.86. The lowest BCUT2D eigenvalue weighted by molar-refractivity contribution is -0.000109. The molecule has 0 aromatic rings. The zero-order valence-electron chi connectivity index (χ0n) is 15.6. The van der Waals surface area contributed by atoms with Gasteiger partial charge in [-0.05, 0) is 55.8 Å². The van der Waals surface area contributed by atoms with E-state index in [9.17, 15) is 0 Å². The van der Waals surface area contributed by atoms with Crippen molar-refractivity contribution < 1.29 is 0 Å². The molecule has 23 heavy (non-hydrogen) atoms. The van der Waals surface area contributed by atoms with Crippen LogP contribution in [0.1, 0.15) is 72.6 Å². The molecule has 5 heterocycles. The van der Waals surface area contributed by atoms with E-state index in [1.54, 1.807) is 0 Å². The molecule has 0 N–H and O–H groups in total. The number of fused-ring (bicyclic) bond motifs is 1. The molecule has 10 atom stereocenters. The molecule has 10 unspecified atom stereocenters. The second-order valence-corrected chi connectivity index (χ2v) is 9.83. The lowest BCUT2D eigenvalue weighted by Gasteiger charge is -2.49. The van der Waals surface area contributed by atoms with E-state index in [1.807, 2.05) is 0 Å². The molecule has 0 bridgehead atoms. The monoisotopic (exact) mass is 316 g/mol. The molecule has 2 nitrogen and oxygen atoms in total. The summed E-state index contributed by atoms with van der Waals surface area (Å²) in [6.07, 6.45) is 10.4. The van der Waals surface area contributed by atoms with Gasteiger partial charge >= 0.3 is 0 Å². The Morgan fingerprint density at radius 1 is 0.478 bits per heavy atom. The first-order chi connectivity index (χ1) is 11.1. The van der Waals surface area contributed by atoms with E-state index >= 15 is 0 Å². The Bertz CT molecular complexity index is 434. The minimum absolute atomic E-state index is 0.879. The second-order valence-electron chi connectivity index (χ2n) is 9.83. The van der Waals surface area contributed by atoms with Crippen molar-refractivity contribution in [1.82, 2.24) is 9.80 Å². The van der Waals surface area contributed by atoms with Crippen LogP contribution in [-0.2, 0) is 0 Å². The van der Waals surface area contributed by atoms with Crippen molar-refractivity contribution >= 4 is 0 Å². The molecule has 5 rings (SSSR count). The van der Waals surface area contributed by atoms with Gasteiger partial charge in [-0.15, -0.1) is 0 Å². The zero-order chi connectivity index (χ0) is 15.9. The normalized spacial score (nSPS) is 59.5. The maximum atomic E-state index is 3.10. The first kappa shape index (κ1) is 15.2. The van der Waals surface area contributed by atoms with Crippen LogP contribution in [0.25, 0.3) is 0 Å². The third kappa shape index (κ3) is 1.89. The van der Waals surface area contributed by atoms with E-state index in [-0.39, 0.29) is 0 Å². The van der Waals surface area contributed by atoms with E-state index in [4.69, 9.17) is 0 Å². The molecule has 5 aliphatic heterocycles. The van der Waals surface area contributed by atoms with Gasteiger partial charge < -0.3 is 0 Å². The molecule has 5 saturated heterocycles. The average molecular weight is 317 g/mol. The minimum Gasteiger partial charge on any atom is -0.292 e. The van der Waals surface area contributed by atoms with Gasteiger partial charge in [-0.1, -0.05) is 40.5 Å². The fourth-order valence-electron chi connectivity index (χ4n) is 7.86. The average Bonchev–Trinajstić information content (AvgIpc) is 2.88. The summed E-state index contributed by atoms with van der Waals surface area (Å²) in [4.78, 5) is 6.20. The second kappa shape index (κ2) is 5.21. The van der Waals surface area contributed by atoms with Crippen molar-refractivity contribution in [2.75, 3.05) is 0 Å². The molecule has 0 aromatic carbocycles. The molecule has 0 radical (unpaired) electrons. The van der Waals surface area contributed by atoms with Crippen LogP contribution in [0, 0.1) is 23.7 Å². The molecular formula is C21H36N2. The Balaban J connectivity index is 1.58. The van der Waals surface area contributed by atoms with Crippen LogP contribution in [0.5, 0.6) is 0 Å². The van der Waals surface area contributed by atoms with Crippen LogP contribution < -0.4 is 0 Å². The summed E-state index contributed by atoms with van der Waals surface area (Å²) >= 11 is 0. The van der Waals surface area contributed by atoms with Crippen LogP contribution in [0.2, 0.25) is 0 Å². The molecule has 130 valence electrons. The Morgan fingerprint density at radius 2 is 0.826 bits per heavy atom. The van der Waals surface area contributed by atoms with Crippen LogP contribution in [0.4, 0.5) is 0 Å². The summed E-state index contributed by atoms with van der Waals surface area (Å²) in [5.41, 5.74) is 0. The van der Waals surface area contributed by atoms with Gasteiger partial charge in [0, 0.05) is 36.3 Å². The highest BCUT2D eigenvalue weighted by Crippen LogP contribution is 2.53. The standard InChI is InChI=1S/C21H36N2/c1-12-14(3)20-11-21-15(4)13(2)17-8-6-10-19(23(17)21)18-9-5-7-16(12)22(18)20/h12-21H,5-11H2,1-4H3. The highest BCUT2D eigenvalue weighted by atomic mass is 15.4. The predicted molar refractivity (Wildman–Crippen MR) is 95.4 cm³/mol. The third-order valence-corrected chi connectivity index (χ3v) is 9.31. The van der Waals surface area contributed by atoms with Crippen molar-refractivity contribution in [3.8, 4) is 0 Å². The summed E-state index contributed by atoms with van der Waals surface area (Å²) in [6.45, 7) is 10.3. The summed E-state index contributed by atoms with van der Waals surface area (Å²) in [5.74, 6) is 3.65. The predicted octanol–water partition coefficient (Wildman–Crippen LogP) is 4.15. The van der Waals surface area contributed by atoms with Crippen LogP contribution >= 0.6 is 0 Å². The summed E-state index contributed by atoms with van der Waals surface area (Å²) < 4.78 is 0. The topological polar surface area (TPSA) is 6.48 Å². The van der Waals surface area contributed by atoms with Crippen LogP contribution in [0.15, 0.2) is 0 Å². The van der Waals surface area contributed by atoms with Gasteiger partial charge in [0.25, 0.3) is 0 Å². The molecule has 5 aliphatic rings. The Hall–Kier alpha value is -0.0800. The van der Waals surface area contributed by atoms with Gasteiger partial charge in [0.05, 0.1) is 0 Å². The lowest BCUT2D eigenvalue weighted by atomic mass is 9.82. The van der Waals surface area contributed by atoms with Crippen molar-refractivity contribution in [2.45, 2.75) is 109 Å². The van der Waals surface area contributed by atoms with E-state index < -0.39 is 0 Å². The van der Waals surface area contributed by atoms with Gasteiger partial charge in [0.2, 0.25) is 0 Å². The molecule has 0 aliphatic carbocycles. The maximum Gasteiger partial charge on any atom is 0.0257 e. The van der Waals surface area contributed by atoms with E-state index in [2.05, 4.69) is 37.5 Å². The Kier molecular flexibility index (Phi) is 3.44. The fraction of sp³-hybridized carbons (Fsp3) is 1.00. The van der Waals surface area contributed by atoms with Crippen molar-refractivity contribution in [1.29, 1.82) is 0 Å². The Morgan fingerprint density at radius 3 is 1.26 bits per heavy atom. The smallest absolute Gasteiger partial charge is 0.0257 e. The first-order valence-corrected chi connectivity index (χ1v) is 10.6. The lowest BCUT2D eigenvalue weighted by Crippen LogP contribution is -2.58. The van der Waals surface area contributed by atoms with Gasteiger partial charge in [-0.25, -0.2) is 0 Å². The number of hydrogen-bond acceptors (Lipinski definition) is 2. The summed E-state index contributed by atoms with van der Waals surface area (Å²) in [7, 11) is 0. The molecular weight excluding hydrogens is 280 g/mol. The van der Waals surface area contributed by atoms with Crippen molar-refractivity contribution in [3.05, 3.63) is 0 Å². The molecule has 0 amide bonds. The summed E-state index contributed by atoms with van der Waals surface area (Å²) in [5, 5.41) is 0. The van der Waals surface area contributed by atoms with Gasteiger partial charge in [-0.3, -0.25) is 9.80 Å². The number of hydrogen-bond donors (Lipinski definition) is 0. The SMILES string of the molecule is CC1C(C)C2CC3C(C)C(C)C4CCCC(C5CCCC1N25)N43. The number of piperidine rings is 2. The molecule has 0 aromatic heterocycles. The third-order valence-electron chi connectivity index (χ3n) is 9.31. The number of rotatable bonds is 0. The first-order valence-electron chi connectivity index (χ1n) is 10.6. The van der Waals surface area contributed by atoms with Crippen LogP contribution in [0.3, 0.4) is 0 Å². The molecule has 0 spiro atoms. The van der Waals surface area contributed by atoms with E-state index in [0.29, 0.717) is 0 Å². The van der Waals surface area contributed by atoms with Gasteiger partial charge in [0.1, 0.15) is 0 Å². The molecule has 2 heteroatoms. The van der Waals surface area contributed by atoms with E-state index in [0.717, 1.165) is 59.9 Å².